The first kappa shape index (κ1) is 22.7. The average molecular weight is 377 g/mol. The number of nitrogens with zero attached hydrogens (tertiary/aromatic N) is 2. The van der Waals surface area contributed by atoms with Gasteiger partial charge >= 0.3 is 0 Å². The van der Waals surface area contributed by atoms with Crippen LogP contribution >= 0.6 is 0 Å². The number of nitrogens with one attached hydrogen (secondary N) is 2. The van der Waals surface area contributed by atoms with E-state index in [1.54, 1.807) is 20.2 Å². The zero-order chi connectivity index (χ0) is 19.7. The van der Waals surface area contributed by atoms with E-state index in [0.717, 1.165) is 12.0 Å². The lowest BCUT2D eigenvalue weighted by atomic mass is 10.2. The SMILES string of the molecule is C=CCNC(=NCC(=O)N(C)C)NCCCOCCOCc1ccccc1. The minimum atomic E-state index is -0.0476. The summed E-state index contributed by atoms with van der Waals surface area (Å²) in [7, 11) is 3.42. The molecule has 0 unspecified atom stereocenters. The van der Waals surface area contributed by atoms with Crippen molar-refractivity contribution in [2.75, 3.05) is 53.6 Å². The second-order valence-electron chi connectivity index (χ2n) is 6.05. The Hall–Kier alpha value is -2.38. The van der Waals surface area contributed by atoms with Crippen molar-refractivity contribution in [3.05, 3.63) is 48.6 Å². The van der Waals surface area contributed by atoms with Crippen LogP contribution in [0.5, 0.6) is 0 Å². The van der Waals surface area contributed by atoms with Gasteiger partial charge < -0.3 is 25.0 Å². The van der Waals surface area contributed by atoms with Gasteiger partial charge in [-0.05, 0) is 12.0 Å². The summed E-state index contributed by atoms with van der Waals surface area (Å²) in [6, 6.07) is 10.1. The lowest BCUT2D eigenvalue weighted by molar-refractivity contribution is -0.127. The molecule has 7 nitrogen and oxygen atoms in total. The Labute approximate surface area is 162 Å². The van der Waals surface area contributed by atoms with Crippen LogP contribution < -0.4 is 10.6 Å². The molecule has 0 aliphatic heterocycles. The quantitative estimate of drug-likeness (QED) is 0.236. The van der Waals surface area contributed by atoms with Crippen LogP contribution in [0, 0.1) is 0 Å². The molecular formula is C20H32N4O3. The van der Waals surface area contributed by atoms with Crippen LogP contribution in [0.15, 0.2) is 48.0 Å². The predicted molar refractivity (Wildman–Crippen MR) is 109 cm³/mol. The van der Waals surface area contributed by atoms with Crippen LogP contribution in [0.1, 0.15) is 12.0 Å². The van der Waals surface area contributed by atoms with Gasteiger partial charge in [-0.2, -0.15) is 0 Å². The summed E-state index contributed by atoms with van der Waals surface area (Å²) < 4.78 is 11.1. The van der Waals surface area contributed by atoms with Gasteiger partial charge in [-0.15, -0.1) is 6.58 Å². The minimum Gasteiger partial charge on any atom is -0.379 e. The fourth-order valence-corrected chi connectivity index (χ4v) is 2.00. The van der Waals surface area contributed by atoms with E-state index in [9.17, 15) is 4.79 Å². The van der Waals surface area contributed by atoms with E-state index in [-0.39, 0.29) is 12.5 Å². The topological polar surface area (TPSA) is 75.2 Å². The van der Waals surface area contributed by atoms with Gasteiger partial charge in [-0.25, -0.2) is 4.99 Å². The molecule has 0 heterocycles. The van der Waals surface area contributed by atoms with E-state index in [2.05, 4.69) is 22.2 Å². The van der Waals surface area contributed by atoms with E-state index in [1.807, 2.05) is 30.3 Å². The van der Waals surface area contributed by atoms with Gasteiger partial charge in [-0.3, -0.25) is 4.79 Å². The van der Waals surface area contributed by atoms with Gasteiger partial charge in [0, 0.05) is 33.8 Å². The molecule has 0 aliphatic carbocycles. The van der Waals surface area contributed by atoms with Gasteiger partial charge in [-0.1, -0.05) is 36.4 Å². The molecule has 1 rings (SSSR count). The first-order chi connectivity index (χ1) is 13.1. The monoisotopic (exact) mass is 376 g/mol. The maximum atomic E-state index is 11.6. The molecule has 27 heavy (non-hydrogen) atoms. The normalized spacial score (nSPS) is 11.1. The number of rotatable bonds is 13. The Kier molecular flexibility index (Phi) is 12.4. The highest BCUT2D eigenvalue weighted by atomic mass is 16.5. The highest BCUT2D eigenvalue weighted by Crippen LogP contribution is 2.00. The maximum absolute atomic E-state index is 11.6. The fourth-order valence-electron chi connectivity index (χ4n) is 2.00. The Morgan fingerprint density at radius 3 is 2.59 bits per heavy atom. The number of carbonyl (C=O) groups excluding carboxylic acids is 1. The molecule has 0 atom stereocenters. The molecule has 0 aromatic heterocycles. The van der Waals surface area contributed by atoms with Crippen molar-refractivity contribution >= 4 is 11.9 Å². The lowest BCUT2D eigenvalue weighted by Gasteiger charge is -2.13. The summed E-state index contributed by atoms with van der Waals surface area (Å²) in [5.41, 5.74) is 1.16. The van der Waals surface area contributed by atoms with Crippen molar-refractivity contribution in [3.63, 3.8) is 0 Å². The number of ether oxygens (including phenoxy) is 2. The molecule has 0 radical (unpaired) electrons. The molecule has 0 saturated carbocycles. The van der Waals surface area contributed by atoms with Crippen molar-refractivity contribution < 1.29 is 14.3 Å². The number of benzene rings is 1. The molecule has 0 fully saturated rings. The summed E-state index contributed by atoms with van der Waals surface area (Å²) in [4.78, 5) is 17.4. The zero-order valence-electron chi connectivity index (χ0n) is 16.4. The van der Waals surface area contributed by atoms with Crippen LogP contribution in [-0.2, 0) is 20.9 Å². The number of aliphatic imine (C=N–C) groups is 1. The van der Waals surface area contributed by atoms with Crippen LogP contribution in [0.25, 0.3) is 0 Å². The number of hydrogen-bond acceptors (Lipinski definition) is 4. The molecule has 2 N–H and O–H groups in total. The maximum Gasteiger partial charge on any atom is 0.243 e. The average Bonchev–Trinajstić information content (AvgIpc) is 2.68. The molecule has 0 bridgehead atoms. The fraction of sp³-hybridized carbons (Fsp3) is 0.500. The van der Waals surface area contributed by atoms with Crippen LogP contribution in [0.2, 0.25) is 0 Å². The summed E-state index contributed by atoms with van der Waals surface area (Å²) in [6.45, 7) is 7.43. The highest BCUT2D eigenvalue weighted by molar-refractivity contribution is 5.84. The van der Waals surface area contributed by atoms with Crippen molar-refractivity contribution in [3.8, 4) is 0 Å². The molecule has 7 heteroatoms. The molecule has 1 aromatic rings. The van der Waals surface area contributed by atoms with Gasteiger partial charge in [0.05, 0.1) is 19.8 Å². The molecule has 0 aliphatic rings. The van der Waals surface area contributed by atoms with Crippen molar-refractivity contribution in [2.45, 2.75) is 13.0 Å². The van der Waals surface area contributed by atoms with E-state index in [0.29, 0.717) is 45.5 Å². The number of likely N-dealkylation sites (N-methyl/N-ethyl adjacent to an activating group) is 1. The largest absolute Gasteiger partial charge is 0.379 e. The summed E-state index contributed by atoms with van der Waals surface area (Å²) in [5.74, 6) is 0.546. The molecule has 0 saturated heterocycles. The van der Waals surface area contributed by atoms with Crippen molar-refractivity contribution in [2.24, 2.45) is 4.99 Å². The first-order valence-corrected chi connectivity index (χ1v) is 9.16. The smallest absolute Gasteiger partial charge is 0.243 e. The third-order valence-corrected chi connectivity index (χ3v) is 3.53. The van der Waals surface area contributed by atoms with Crippen molar-refractivity contribution in [1.82, 2.24) is 15.5 Å². The number of guanidine groups is 1. The van der Waals surface area contributed by atoms with Gasteiger partial charge in [0.2, 0.25) is 5.91 Å². The molecule has 1 amide bonds. The number of amides is 1. The molecule has 150 valence electrons. The first-order valence-electron chi connectivity index (χ1n) is 9.16. The van der Waals surface area contributed by atoms with Gasteiger partial charge in [0.25, 0.3) is 0 Å². The summed E-state index contributed by atoms with van der Waals surface area (Å²) >= 11 is 0. The molecule has 0 spiro atoms. The summed E-state index contributed by atoms with van der Waals surface area (Å²) in [5, 5.41) is 6.27. The Morgan fingerprint density at radius 1 is 1.15 bits per heavy atom. The second-order valence-corrected chi connectivity index (χ2v) is 6.05. The molecule has 1 aromatic carbocycles. The third-order valence-electron chi connectivity index (χ3n) is 3.53. The van der Waals surface area contributed by atoms with E-state index >= 15 is 0 Å². The van der Waals surface area contributed by atoms with E-state index < -0.39 is 0 Å². The Morgan fingerprint density at radius 2 is 1.89 bits per heavy atom. The zero-order valence-corrected chi connectivity index (χ0v) is 16.4. The van der Waals surface area contributed by atoms with Crippen molar-refractivity contribution in [1.29, 1.82) is 0 Å². The lowest BCUT2D eigenvalue weighted by Crippen LogP contribution is -2.39. The minimum absolute atomic E-state index is 0.0476. The van der Waals surface area contributed by atoms with E-state index in [1.165, 1.54) is 4.90 Å². The highest BCUT2D eigenvalue weighted by Gasteiger charge is 2.03. The summed E-state index contributed by atoms with van der Waals surface area (Å²) in [6.07, 6.45) is 2.57. The second kappa shape index (κ2) is 14.8. The Bertz CT molecular complexity index is 562. The molecular weight excluding hydrogens is 344 g/mol. The number of hydrogen-bond donors (Lipinski definition) is 2. The van der Waals surface area contributed by atoms with Gasteiger partial charge in [0.15, 0.2) is 5.96 Å². The van der Waals surface area contributed by atoms with E-state index in [4.69, 9.17) is 9.47 Å². The standard InChI is InChI=1S/C20H32N4O3/c1-4-11-21-20(23-16-19(25)24(2)3)22-12-8-13-26-14-15-27-17-18-9-6-5-7-10-18/h4-7,9-10H,1,8,11-17H2,2-3H3,(H2,21,22,23). The predicted octanol–water partition coefficient (Wildman–Crippen LogP) is 1.42. The Balaban J connectivity index is 2.09. The van der Waals surface area contributed by atoms with Crippen LogP contribution in [-0.4, -0.2) is 70.3 Å². The van der Waals surface area contributed by atoms with Crippen LogP contribution in [0.4, 0.5) is 0 Å². The number of carbonyl (C=O) groups is 1. The van der Waals surface area contributed by atoms with Crippen LogP contribution in [0.3, 0.4) is 0 Å². The van der Waals surface area contributed by atoms with Gasteiger partial charge in [0.1, 0.15) is 6.54 Å². The third kappa shape index (κ3) is 11.8.